The van der Waals surface area contributed by atoms with Gasteiger partial charge in [0.1, 0.15) is 0 Å². The molecule has 1 aliphatic rings. The first-order valence-corrected chi connectivity index (χ1v) is 11.4. The number of nitrogens with one attached hydrogen (secondary N) is 1. The van der Waals surface area contributed by atoms with E-state index < -0.39 is 0 Å². The number of anilines is 1. The SMILES string of the molecule is CCNSc1cc(C)cc(-c2cnc(N)c(Oc3cnn(C4CCN(C)CC4)c3)n2)c1. The van der Waals surface area contributed by atoms with Crippen LogP contribution in [0.5, 0.6) is 11.6 Å². The van der Waals surface area contributed by atoms with Gasteiger partial charge >= 0.3 is 0 Å². The van der Waals surface area contributed by atoms with Gasteiger partial charge in [0, 0.05) is 17.0 Å². The van der Waals surface area contributed by atoms with Crippen LogP contribution in [0.25, 0.3) is 11.3 Å². The van der Waals surface area contributed by atoms with E-state index in [9.17, 15) is 0 Å². The lowest BCUT2D eigenvalue weighted by atomic mass is 10.1. The highest BCUT2D eigenvalue weighted by Gasteiger charge is 2.20. The first-order chi connectivity index (χ1) is 15.0. The number of rotatable bonds is 7. The summed E-state index contributed by atoms with van der Waals surface area (Å²) >= 11 is 1.60. The predicted molar refractivity (Wildman–Crippen MR) is 124 cm³/mol. The van der Waals surface area contributed by atoms with E-state index in [0.717, 1.165) is 48.5 Å². The Hall–Kier alpha value is -2.62. The van der Waals surface area contributed by atoms with Crippen LogP contribution in [0, 0.1) is 6.92 Å². The Morgan fingerprint density at radius 1 is 1.23 bits per heavy atom. The molecule has 4 rings (SSSR count). The fourth-order valence-corrected chi connectivity index (χ4v) is 4.39. The molecule has 9 heteroatoms. The van der Waals surface area contributed by atoms with Gasteiger partial charge in [-0.2, -0.15) is 5.10 Å². The smallest absolute Gasteiger partial charge is 0.263 e. The molecule has 3 heterocycles. The van der Waals surface area contributed by atoms with Crippen LogP contribution in [0.2, 0.25) is 0 Å². The molecule has 31 heavy (non-hydrogen) atoms. The summed E-state index contributed by atoms with van der Waals surface area (Å²) in [5.41, 5.74) is 8.90. The van der Waals surface area contributed by atoms with Crippen LogP contribution in [0.4, 0.5) is 5.82 Å². The number of hydrogen-bond acceptors (Lipinski definition) is 8. The molecule has 164 valence electrons. The molecular weight excluding hydrogens is 410 g/mol. The Bertz CT molecular complexity index is 1030. The first-order valence-electron chi connectivity index (χ1n) is 10.6. The van der Waals surface area contributed by atoms with Crippen molar-refractivity contribution in [1.29, 1.82) is 0 Å². The number of aryl methyl sites for hydroxylation is 1. The number of ether oxygens (including phenoxy) is 1. The molecule has 3 N–H and O–H groups in total. The highest BCUT2D eigenvalue weighted by atomic mass is 32.2. The molecule has 0 aliphatic carbocycles. The molecule has 0 bridgehead atoms. The second-order valence-electron chi connectivity index (χ2n) is 7.87. The molecule has 1 saturated heterocycles. The summed E-state index contributed by atoms with van der Waals surface area (Å²) < 4.78 is 11.2. The van der Waals surface area contributed by atoms with Crippen molar-refractivity contribution in [1.82, 2.24) is 29.4 Å². The van der Waals surface area contributed by atoms with Crippen LogP contribution in [0.15, 0.2) is 41.7 Å². The largest absolute Gasteiger partial charge is 0.433 e. The fourth-order valence-electron chi connectivity index (χ4n) is 3.65. The van der Waals surface area contributed by atoms with Crippen LogP contribution in [0.3, 0.4) is 0 Å². The van der Waals surface area contributed by atoms with Gasteiger partial charge in [0.15, 0.2) is 11.6 Å². The standard InChI is InChI=1S/C22H29N7OS/c1-4-26-31-19-10-15(2)9-16(11-19)20-13-24-21(23)22(27-20)30-18-12-25-29(14-18)17-5-7-28(3)8-6-17/h9-14,17,26H,4-8H2,1-3H3,(H2,23,24). The number of nitrogen functional groups attached to an aromatic ring is 1. The van der Waals surface area contributed by atoms with Gasteiger partial charge in [-0.15, -0.1) is 0 Å². The summed E-state index contributed by atoms with van der Waals surface area (Å²) in [5, 5.41) is 4.50. The number of benzene rings is 1. The Morgan fingerprint density at radius 2 is 2.03 bits per heavy atom. The molecule has 2 aromatic heterocycles. The minimum Gasteiger partial charge on any atom is -0.433 e. The van der Waals surface area contributed by atoms with E-state index in [4.69, 9.17) is 10.5 Å². The minimum absolute atomic E-state index is 0.255. The first kappa shape index (κ1) is 21.6. The Balaban J connectivity index is 1.53. The maximum absolute atomic E-state index is 6.06. The molecule has 0 spiro atoms. The van der Waals surface area contributed by atoms with E-state index in [1.54, 1.807) is 24.3 Å². The molecule has 0 atom stereocenters. The molecule has 1 aliphatic heterocycles. The number of piperidine rings is 1. The average molecular weight is 440 g/mol. The van der Waals surface area contributed by atoms with E-state index >= 15 is 0 Å². The van der Waals surface area contributed by atoms with Crippen molar-refractivity contribution in [2.45, 2.75) is 37.6 Å². The van der Waals surface area contributed by atoms with Crippen molar-refractivity contribution >= 4 is 17.8 Å². The Labute approximate surface area is 187 Å². The van der Waals surface area contributed by atoms with Crippen molar-refractivity contribution in [3.63, 3.8) is 0 Å². The lowest BCUT2D eigenvalue weighted by Crippen LogP contribution is -2.31. The third-order valence-corrected chi connectivity index (χ3v) is 6.21. The molecule has 1 fully saturated rings. The maximum atomic E-state index is 6.06. The summed E-state index contributed by atoms with van der Waals surface area (Å²) in [4.78, 5) is 12.4. The summed E-state index contributed by atoms with van der Waals surface area (Å²) in [6, 6.07) is 6.69. The molecule has 0 radical (unpaired) electrons. The lowest BCUT2D eigenvalue weighted by Gasteiger charge is -2.28. The number of nitrogens with two attached hydrogens (primary N) is 1. The summed E-state index contributed by atoms with van der Waals surface area (Å²) in [6.45, 7) is 7.18. The number of hydrogen-bond donors (Lipinski definition) is 2. The molecule has 0 saturated carbocycles. The third-order valence-electron chi connectivity index (χ3n) is 5.30. The van der Waals surface area contributed by atoms with Crippen LogP contribution < -0.4 is 15.2 Å². The fraction of sp³-hybridized carbons (Fsp3) is 0.409. The number of nitrogens with zero attached hydrogens (tertiary/aromatic N) is 5. The highest BCUT2D eigenvalue weighted by molar-refractivity contribution is 7.97. The van der Waals surface area contributed by atoms with E-state index in [0.29, 0.717) is 23.4 Å². The second-order valence-corrected chi connectivity index (χ2v) is 8.84. The van der Waals surface area contributed by atoms with Crippen molar-refractivity contribution in [3.8, 4) is 22.9 Å². The van der Waals surface area contributed by atoms with Gasteiger partial charge < -0.3 is 15.4 Å². The van der Waals surface area contributed by atoms with E-state index in [2.05, 4.69) is 63.8 Å². The normalized spacial score (nSPS) is 15.3. The third kappa shape index (κ3) is 5.36. The van der Waals surface area contributed by atoms with Gasteiger partial charge in [-0.25, -0.2) is 9.97 Å². The molecular formula is C22H29N7OS. The molecule has 3 aromatic rings. The van der Waals surface area contributed by atoms with Crippen LogP contribution in [-0.2, 0) is 0 Å². The maximum Gasteiger partial charge on any atom is 0.263 e. The van der Waals surface area contributed by atoms with E-state index in [-0.39, 0.29) is 5.82 Å². The van der Waals surface area contributed by atoms with E-state index in [1.807, 2.05) is 10.9 Å². The van der Waals surface area contributed by atoms with Gasteiger partial charge in [-0.05, 0) is 75.6 Å². The van der Waals surface area contributed by atoms with Gasteiger partial charge in [0.2, 0.25) is 0 Å². The van der Waals surface area contributed by atoms with Crippen molar-refractivity contribution in [2.75, 3.05) is 32.4 Å². The van der Waals surface area contributed by atoms with Crippen LogP contribution in [0.1, 0.15) is 31.4 Å². The zero-order chi connectivity index (χ0) is 21.8. The number of likely N-dealkylation sites (tertiary alicyclic amines) is 1. The highest BCUT2D eigenvalue weighted by Crippen LogP contribution is 2.30. The second kappa shape index (κ2) is 9.67. The molecule has 1 aromatic carbocycles. The monoisotopic (exact) mass is 439 g/mol. The van der Waals surface area contributed by atoms with Crippen molar-refractivity contribution in [2.24, 2.45) is 0 Å². The summed E-state index contributed by atoms with van der Waals surface area (Å²) in [5.74, 6) is 1.17. The molecule has 0 unspecified atom stereocenters. The predicted octanol–water partition coefficient (Wildman–Crippen LogP) is 3.91. The quantitative estimate of drug-likeness (QED) is 0.535. The van der Waals surface area contributed by atoms with Gasteiger partial charge in [-0.3, -0.25) is 9.40 Å². The zero-order valence-corrected chi connectivity index (χ0v) is 19.0. The summed E-state index contributed by atoms with van der Waals surface area (Å²) in [6.07, 6.45) is 7.47. The lowest BCUT2D eigenvalue weighted by molar-refractivity contribution is 0.212. The van der Waals surface area contributed by atoms with Crippen molar-refractivity contribution < 1.29 is 4.74 Å². The Morgan fingerprint density at radius 3 is 2.81 bits per heavy atom. The van der Waals surface area contributed by atoms with Crippen LogP contribution >= 0.6 is 11.9 Å². The number of aromatic nitrogens is 4. The topological polar surface area (TPSA) is 94.1 Å². The van der Waals surface area contributed by atoms with Gasteiger partial charge in [-0.1, -0.05) is 6.92 Å². The Kier molecular flexibility index (Phi) is 6.74. The van der Waals surface area contributed by atoms with Crippen molar-refractivity contribution in [3.05, 3.63) is 42.4 Å². The molecule has 8 nitrogen and oxygen atoms in total. The zero-order valence-electron chi connectivity index (χ0n) is 18.2. The summed E-state index contributed by atoms with van der Waals surface area (Å²) in [7, 11) is 2.15. The molecule has 0 amide bonds. The van der Waals surface area contributed by atoms with Gasteiger partial charge in [0.25, 0.3) is 5.88 Å². The van der Waals surface area contributed by atoms with Crippen LogP contribution in [-0.4, -0.2) is 51.3 Å². The minimum atomic E-state index is 0.255. The average Bonchev–Trinajstić information content (AvgIpc) is 3.22. The van der Waals surface area contributed by atoms with Gasteiger partial charge in [0.05, 0.1) is 30.3 Å². The van der Waals surface area contributed by atoms with E-state index in [1.165, 1.54) is 0 Å².